The molecule has 0 aliphatic carbocycles. The van der Waals surface area contributed by atoms with E-state index in [0.29, 0.717) is 33.3 Å². The minimum absolute atomic E-state index is 0.110. The third-order valence-corrected chi connectivity index (χ3v) is 4.22. The van der Waals surface area contributed by atoms with Gasteiger partial charge in [-0.3, -0.25) is 9.69 Å². The molecule has 1 saturated heterocycles. The van der Waals surface area contributed by atoms with Gasteiger partial charge in [0.25, 0.3) is 5.91 Å². The van der Waals surface area contributed by atoms with Crippen molar-refractivity contribution < 1.29 is 14.6 Å². The number of nitrogens with one attached hydrogen (secondary N) is 1. The number of rotatable bonds is 5. The lowest BCUT2D eigenvalue weighted by atomic mass is 10.1. The first kappa shape index (κ1) is 17.0. The number of nitrogens with zero attached hydrogens (tertiary/aromatic N) is 1. The molecule has 1 aliphatic heterocycles. The van der Waals surface area contributed by atoms with Crippen molar-refractivity contribution in [3.63, 3.8) is 0 Å². The number of hydrogen-bond acceptors (Lipinski definition) is 4. The summed E-state index contributed by atoms with van der Waals surface area (Å²) >= 11 is 7.21. The van der Waals surface area contributed by atoms with Crippen LogP contribution >= 0.6 is 34.8 Å². The van der Waals surface area contributed by atoms with Gasteiger partial charge in [-0.15, -0.1) is 0 Å². The highest BCUT2D eigenvalue weighted by atomic mass is 127. The van der Waals surface area contributed by atoms with E-state index in [1.54, 1.807) is 23.1 Å². The molecule has 1 aromatic rings. The van der Waals surface area contributed by atoms with Gasteiger partial charge in [0.2, 0.25) is 0 Å². The summed E-state index contributed by atoms with van der Waals surface area (Å²) in [6, 6.07) is 3.49. The molecular formula is C15H17IN2O3S. The Balaban J connectivity index is 2.33. The Bertz CT molecular complexity index is 646. The first-order valence-corrected chi connectivity index (χ1v) is 8.46. The summed E-state index contributed by atoms with van der Waals surface area (Å²) in [5.74, 6) is 0.381. The van der Waals surface area contributed by atoms with Gasteiger partial charge in [-0.05, 0) is 71.9 Å². The molecule has 0 saturated carbocycles. The van der Waals surface area contributed by atoms with Gasteiger partial charge in [0, 0.05) is 6.54 Å². The lowest BCUT2D eigenvalue weighted by Gasteiger charge is -2.11. The van der Waals surface area contributed by atoms with Crippen LogP contribution in [-0.2, 0) is 4.79 Å². The van der Waals surface area contributed by atoms with Gasteiger partial charge in [-0.25, -0.2) is 0 Å². The number of phenols is 1. The number of amides is 1. The van der Waals surface area contributed by atoms with Crippen LogP contribution in [-0.4, -0.2) is 34.2 Å². The molecule has 1 aliphatic rings. The lowest BCUT2D eigenvalue weighted by molar-refractivity contribution is -0.122. The summed E-state index contributed by atoms with van der Waals surface area (Å²) in [4.78, 5) is 13.8. The molecule has 7 heteroatoms. The molecular weight excluding hydrogens is 415 g/mol. The lowest BCUT2D eigenvalue weighted by Crippen LogP contribution is -2.31. The first-order chi connectivity index (χ1) is 10.5. The molecule has 0 spiro atoms. The number of aromatic hydroxyl groups is 1. The van der Waals surface area contributed by atoms with Gasteiger partial charge in [-0.1, -0.05) is 6.92 Å². The minimum Gasteiger partial charge on any atom is -0.504 e. The molecule has 2 rings (SSSR count). The average Bonchev–Trinajstić information content (AvgIpc) is 2.72. The second-order valence-corrected chi connectivity index (χ2v) is 6.28. The van der Waals surface area contributed by atoms with E-state index in [1.807, 2.05) is 36.4 Å². The van der Waals surface area contributed by atoms with Crippen LogP contribution in [0, 0.1) is 3.57 Å². The fraction of sp³-hybridized carbons (Fsp3) is 0.333. The zero-order chi connectivity index (χ0) is 16.3. The number of thiocarbonyl (C=S) groups is 1. The molecule has 22 heavy (non-hydrogen) atoms. The number of carbonyl (C=O) groups is 1. The summed E-state index contributed by atoms with van der Waals surface area (Å²) in [5.41, 5.74) is 1.20. The van der Waals surface area contributed by atoms with Crippen LogP contribution in [0.3, 0.4) is 0 Å². The van der Waals surface area contributed by atoms with Crippen molar-refractivity contribution >= 4 is 51.9 Å². The summed E-state index contributed by atoms with van der Waals surface area (Å²) in [6.45, 7) is 4.89. The monoisotopic (exact) mass is 432 g/mol. The predicted octanol–water partition coefficient (Wildman–Crippen LogP) is 2.86. The Labute approximate surface area is 148 Å². The van der Waals surface area contributed by atoms with Crippen LogP contribution in [0.1, 0.15) is 25.8 Å². The third-order valence-electron chi connectivity index (χ3n) is 3.07. The number of carbonyl (C=O) groups excluding carboxylic acids is 1. The van der Waals surface area contributed by atoms with E-state index in [-0.39, 0.29) is 11.7 Å². The molecule has 5 nitrogen and oxygen atoms in total. The van der Waals surface area contributed by atoms with E-state index in [2.05, 4.69) is 5.32 Å². The highest BCUT2D eigenvalue weighted by molar-refractivity contribution is 14.1. The summed E-state index contributed by atoms with van der Waals surface area (Å²) in [7, 11) is 0. The Morgan fingerprint density at radius 3 is 2.82 bits per heavy atom. The van der Waals surface area contributed by atoms with Gasteiger partial charge < -0.3 is 15.2 Å². The van der Waals surface area contributed by atoms with Gasteiger partial charge in [-0.2, -0.15) is 0 Å². The fourth-order valence-electron chi connectivity index (χ4n) is 2.11. The van der Waals surface area contributed by atoms with Crippen molar-refractivity contribution in [3.05, 3.63) is 27.0 Å². The Morgan fingerprint density at radius 2 is 2.18 bits per heavy atom. The van der Waals surface area contributed by atoms with Gasteiger partial charge >= 0.3 is 0 Å². The quantitative estimate of drug-likeness (QED) is 0.426. The van der Waals surface area contributed by atoms with E-state index < -0.39 is 0 Å². The molecule has 0 atom stereocenters. The number of halogens is 1. The van der Waals surface area contributed by atoms with E-state index >= 15 is 0 Å². The normalized spacial score (nSPS) is 16.3. The number of hydrogen-bond donors (Lipinski definition) is 2. The average molecular weight is 432 g/mol. The molecule has 1 fully saturated rings. The summed E-state index contributed by atoms with van der Waals surface area (Å²) in [5, 5.41) is 13.3. The van der Waals surface area contributed by atoms with Crippen LogP contribution in [0.25, 0.3) is 6.08 Å². The number of benzene rings is 1. The van der Waals surface area contributed by atoms with E-state index in [0.717, 1.165) is 12.0 Å². The van der Waals surface area contributed by atoms with Crippen LogP contribution in [0.15, 0.2) is 17.8 Å². The van der Waals surface area contributed by atoms with Crippen LogP contribution in [0.4, 0.5) is 0 Å². The molecule has 0 radical (unpaired) electrons. The van der Waals surface area contributed by atoms with E-state index in [9.17, 15) is 9.90 Å². The standard InChI is InChI=1S/C15H17IN2O3S/c1-3-5-18-14(20)11(17-15(18)22)7-9-6-10(16)13(19)12(8-9)21-4-2/h6-8,19H,3-5H2,1-2H3,(H,17,22)/b11-7-. The summed E-state index contributed by atoms with van der Waals surface area (Å²) in [6.07, 6.45) is 2.56. The topological polar surface area (TPSA) is 61.8 Å². The maximum absolute atomic E-state index is 12.3. The van der Waals surface area contributed by atoms with Gasteiger partial charge in [0.1, 0.15) is 5.70 Å². The second kappa shape index (κ2) is 7.28. The van der Waals surface area contributed by atoms with Crippen LogP contribution in [0.2, 0.25) is 0 Å². The molecule has 2 N–H and O–H groups in total. The molecule has 1 aromatic carbocycles. The van der Waals surface area contributed by atoms with Gasteiger partial charge in [0.15, 0.2) is 16.6 Å². The Kier molecular flexibility index (Phi) is 5.63. The second-order valence-electron chi connectivity index (χ2n) is 4.73. The Morgan fingerprint density at radius 1 is 1.45 bits per heavy atom. The number of phenolic OH excluding ortho intramolecular Hbond substituents is 1. The van der Waals surface area contributed by atoms with Crippen molar-refractivity contribution in [2.45, 2.75) is 20.3 Å². The van der Waals surface area contributed by atoms with Crippen molar-refractivity contribution in [3.8, 4) is 11.5 Å². The fourth-order valence-corrected chi connectivity index (χ4v) is 3.02. The minimum atomic E-state index is -0.132. The van der Waals surface area contributed by atoms with Crippen molar-refractivity contribution in [1.82, 2.24) is 10.2 Å². The maximum atomic E-state index is 12.3. The van der Waals surface area contributed by atoms with Gasteiger partial charge in [0.05, 0.1) is 10.2 Å². The number of ether oxygens (including phenoxy) is 1. The molecule has 0 unspecified atom stereocenters. The Hall–Kier alpha value is -1.35. The zero-order valence-corrected chi connectivity index (χ0v) is 15.3. The zero-order valence-electron chi connectivity index (χ0n) is 12.4. The molecule has 1 amide bonds. The largest absolute Gasteiger partial charge is 0.504 e. The van der Waals surface area contributed by atoms with E-state index in [4.69, 9.17) is 17.0 Å². The summed E-state index contributed by atoms with van der Waals surface area (Å²) < 4.78 is 6.07. The SMILES string of the molecule is CCCN1C(=O)/C(=C/c2cc(I)c(O)c(OCC)c2)NC1=S. The van der Waals surface area contributed by atoms with Crippen molar-refractivity contribution in [1.29, 1.82) is 0 Å². The van der Waals surface area contributed by atoms with Crippen LogP contribution < -0.4 is 10.1 Å². The molecule has 0 bridgehead atoms. The maximum Gasteiger partial charge on any atom is 0.276 e. The highest BCUT2D eigenvalue weighted by Crippen LogP contribution is 2.33. The molecule has 0 aromatic heterocycles. The van der Waals surface area contributed by atoms with E-state index in [1.165, 1.54) is 0 Å². The third kappa shape index (κ3) is 3.52. The predicted molar refractivity (Wildman–Crippen MR) is 97.7 cm³/mol. The molecule has 1 heterocycles. The van der Waals surface area contributed by atoms with Crippen LogP contribution in [0.5, 0.6) is 11.5 Å². The van der Waals surface area contributed by atoms with Crippen molar-refractivity contribution in [2.75, 3.05) is 13.2 Å². The van der Waals surface area contributed by atoms with Crippen molar-refractivity contribution in [2.24, 2.45) is 0 Å². The first-order valence-electron chi connectivity index (χ1n) is 6.97. The smallest absolute Gasteiger partial charge is 0.276 e. The molecule has 118 valence electrons. The highest BCUT2D eigenvalue weighted by Gasteiger charge is 2.29.